The maximum absolute atomic E-state index is 13.6. The summed E-state index contributed by atoms with van der Waals surface area (Å²) in [5, 5.41) is 10.6. The van der Waals surface area contributed by atoms with E-state index in [1.807, 2.05) is 67.8 Å². The van der Waals surface area contributed by atoms with Crippen molar-refractivity contribution >= 4 is 57.7 Å². The molecule has 0 saturated carbocycles. The average molecular weight is 693 g/mol. The van der Waals surface area contributed by atoms with E-state index in [9.17, 15) is 14.4 Å². The Hall–Kier alpha value is -5.39. The van der Waals surface area contributed by atoms with Crippen LogP contribution in [0, 0.1) is 0 Å². The quantitative estimate of drug-likeness (QED) is 0.0794. The molecule has 0 spiro atoms. The topological polar surface area (TPSA) is 119 Å². The fourth-order valence-electron chi connectivity index (χ4n) is 4.75. The van der Waals surface area contributed by atoms with E-state index < -0.39 is 17.1 Å². The SMILES string of the molecule is CCOc1ccc(-c2csc(NC(=O)C(CC)Sc3cccc(NC(=O)/C(=C\c4ccccc4OC)NC(=O)c4ccccc4)c3)n2)cc1. The highest BCUT2D eigenvalue weighted by molar-refractivity contribution is 8.00. The number of methoxy groups -OCH3 is 1. The fourth-order valence-corrected chi connectivity index (χ4v) is 6.49. The number of hydrogen-bond donors (Lipinski definition) is 3. The number of nitrogens with zero attached hydrogens (tertiary/aromatic N) is 1. The third kappa shape index (κ3) is 9.59. The highest BCUT2D eigenvalue weighted by atomic mass is 32.2. The molecule has 1 unspecified atom stereocenters. The van der Waals surface area contributed by atoms with Gasteiger partial charge in [0.05, 0.1) is 24.7 Å². The van der Waals surface area contributed by atoms with Gasteiger partial charge in [0.15, 0.2) is 5.13 Å². The van der Waals surface area contributed by atoms with Crippen LogP contribution in [0.3, 0.4) is 0 Å². The van der Waals surface area contributed by atoms with Crippen LogP contribution in [0.1, 0.15) is 36.2 Å². The molecule has 0 fully saturated rings. The fraction of sp³-hybridized carbons (Fsp3) is 0.158. The van der Waals surface area contributed by atoms with Gasteiger partial charge in [-0.05, 0) is 80.1 Å². The molecule has 0 aliphatic rings. The minimum Gasteiger partial charge on any atom is -0.496 e. The zero-order chi connectivity index (χ0) is 34.6. The number of hydrogen-bond acceptors (Lipinski definition) is 8. The second-order valence-corrected chi connectivity index (χ2v) is 12.7. The number of anilines is 2. The molecule has 49 heavy (non-hydrogen) atoms. The molecule has 0 aliphatic carbocycles. The van der Waals surface area contributed by atoms with Crippen LogP contribution in [0.5, 0.6) is 11.5 Å². The number of ether oxygens (including phenoxy) is 2. The Kier molecular flexibility index (Phi) is 12.2. The number of aromatic nitrogens is 1. The molecule has 11 heteroatoms. The lowest BCUT2D eigenvalue weighted by molar-refractivity contribution is -0.116. The second kappa shape index (κ2) is 17.1. The number of rotatable bonds is 14. The highest BCUT2D eigenvalue weighted by Crippen LogP contribution is 2.31. The number of carbonyl (C=O) groups is 3. The predicted octanol–water partition coefficient (Wildman–Crippen LogP) is 8.14. The van der Waals surface area contributed by atoms with Crippen molar-refractivity contribution in [2.24, 2.45) is 0 Å². The van der Waals surface area contributed by atoms with Crippen LogP contribution in [0.4, 0.5) is 10.8 Å². The van der Waals surface area contributed by atoms with Crippen molar-refractivity contribution in [1.82, 2.24) is 10.3 Å². The molecule has 4 aromatic carbocycles. The van der Waals surface area contributed by atoms with Crippen molar-refractivity contribution in [3.8, 4) is 22.8 Å². The predicted molar refractivity (Wildman–Crippen MR) is 197 cm³/mol. The van der Waals surface area contributed by atoms with Gasteiger partial charge in [-0.25, -0.2) is 4.98 Å². The second-order valence-electron chi connectivity index (χ2n) is 10.6. The van der Waals surface area contributed by atoms with Crippen molar-refractivity contribution in [2.45, 2.75) is 30.4 Å². The third-order valence-corrected chi connectivity index (χ3v) is 9.31. The first-order valence-corrected chi connectivity index (χ1v) is 17.4. The number of benzene rings is 4. The number of nitrogens with one attached hydrogen (secondary N) is 3. The molecule has 1 atom stereocenters. The average Bonchev–Trinajstić information content (AvgIpc) is 3.59. The summed E-state index contributed by atoms with van der Waals surface area (Å²) in [6.45, 7) is 4.48. The molecule has 0 bridgehead atoms. The minimum atomic E-state index is -0.519. The number of thiazole rings is 1. The Morgan fingerprint density at radius 1 is 0.898 bits per heavy atom. The van der Waals surface area contributed by atoms with Crippen LogP contribution in [0.15, 0.2) is 119 Å². The maximum atomic E-state index is 13.6. The summed E-state index contributed by atoms with van der Waals surface area (Å²) in [7, 11) is 1.54. The van der Waals surface area contributed by atoms with Gasteiger partial charge in [-0.3, -0.25) is 14.4 Å². The lowest BCUT2D eigenvalue weighted by atomic mass is 10.1. The molecule has 0 saturated heterocycles. The Balaban J connectivity index is 1.27. The van der Waals surface area contributed by atoms with Gasteiger partial charge in [0.25, 0.3) is 11.8 Å². The van der Waals surface area contributed by atoms with Crippen LogP contribution >= 0.6 is 23.1 Å². The van der Waals surface area contributed by atoms with Gasteiger partial charge in [0, 0.05) is 32.7 Å². The molecule has 250 valence electrons. The first kappa shape index (κ1) is 34.9. The largest absolute Gasteiger partial charge is 0.496 e. The van der Waals surface area contributed by atoms with Gasteiger partial charge in [-0.1, -0.05) is 49.4 Å². The Morgan fingerprint density at radius 2 is 1.65 bits per heavy atom. The molecule has 5 rings (SSSR count). The summed E-state index contributed by atoms with van der Waals surface area (Å²) >= 11 is 2.75. The normalized spacial score (nSPS) is 11.7. The summed E-state index contributed by atoms with van der Waals surface area (Å²) in [5.74, 6) is 0.231. The smallest absolute Gasteiger partial charge is 0.272 e. The summed E-state index contributed by atoms with van der Waals surface area (Å²) < 4.78 is 11.0. The van der Waals surface area contributed by atoms with E-state index in [1.54, 1.807) is 67.8 Å². The van der Waals surface area contributed by atoms with Gasteiger partial charge in [0.1, 0.15) is 17.2 Å². The van der Waals surface area contributed by atoms with E-state index in [4.69, 9.17) is 9.47 Å². The molecule has 3 amide bonds. The van der Waals surface area contributed by atoms with Crippen LogP contribution in [0.2, 0.25) is 0 Å². The molecular formula is C38H36N4O5S2. The van der Waals surface area contributed by atoms with E-state index in [0.29, 0.717) is 40.7 Å². The van der Waals surface area contributed by atoms with E-state index in [2.05, 4.69) is 20.9 Å². The Morgan fingerprint density at radius 3 is 2.39 bits per heavy atom. The zero-order valence-corrected chi connectivity index (χ0v) is 28.9. The van der Waals surface area contributed by atoms with E-state index in [0.717, 1.165) is 21.9 Å². The Labute approximate surface area is 293 Å². The lowest BCUT2D eigenvalue weighted by Crippen LogP contribution is -2.30. The van der Waals surface area contributed by atoms with Gasteiger partial charge >= 0.3 is 0 Å². The molecule has 3 N–H and O–H groups in total. The molecule has 1 heterocycles. The van der Waals surface area contributed by atoms with Crippen LogP contribution < -0.4 is 25.4 Å². The maximum Gasteiger partial charge on any atom is 0.272 e. The minimum absolute atomic E-state index is 0.0373. The standard InChI is InChI=1S/C38H36N4O5S2/c1-4-34(37(45)42-38-41-32(24-48-38)25-18-20-29(21-19-25)47-5-2)49-30-16-11-15-28(23-30)39-36(44)31(22-27-14-9-10-17-33(27)46-3)40-35(43)26-12-7-6-8-13-26/h6-24,34H,4-5H2,1-3H3,(H,39,44)(H,40,43)(H,41,42,45)/b31-22+. The highest BCUT2D eigenvalue weighted by Gasteiger charge is 2.21. The van der Waals surface area contributed by atoms with Gasteiger partial charge in [-0.15, -0.1) is 23.1 Å². The number of carbonyl (C=O) groups excluding carboxylic acids is 3. The number of para-hydroxylation sites is 1. The van der Waals surface area contributed by atoms with Crippen LogP contribution in [-0.4, -0.2) is 41.7 Å². The van der Waals surface area contributed by atoms with Crippen molar-refractivity contribution in [1.29, 1.82) is 0 Å². The van der Waals surface area contributed by atoms with Crippen LogP contribution in [-0.2, 0) is 9.59 Å². The number of amides is 3. The molecule has 0 aliphatic heterocycles. The first-order chi connectivity index (χ1) is 23.9. The molecule has 5 aromatic rings. The first-order valence-electron chi connectivity index (χ1n) is 15.7. The van der Waals surface area contributed by atoms with Crippen molar-refractivity contribution in [3.05, 3.63) is 125 Å². The van der Waals surface area contributed by atoms with Gasteiger partial charge in [0.2, 0.25) is 5.91 Å². The van der Waals surface area contributed by atoms with Crippen molar-refractivity contribution < 1.29 is 23.9 Å². The molecule has 0 radical (unpaired) electrons. The molecule has 9 nitrogen and oxygen atoms in total. The van der Waals surface area contributed by atoms with E-state index in [1.165, 1.54) is 23.1 Å². The zero-order valence-electron chi connectivity index (χ0n) is 27.3. The molecular weight excluding hydrogens is 657 g/mol. The summed E-state index contributed by atoms with van der Waals surface area (Å²) in [5.41, 5.74) is 3.28. The van der Waals surface area contributed by atoms with Crippen molar-refractivity contribution in [3.63, 3.8) is 0 Å². The van der Waals surface area contributed by atoms with E-state index >= 15 is 0 Å². The van der Waals surface area contributed by atoms with E-state index in [-0.39, 0.29) is 11.6 Å². The number of thioether (sulfide) groups is 1. The molecule has 1 aromatic heterocycles. The van der Waals surface area contributed by atoms with Gasteiger partial charge in [-0.2, -0.15) is 0 Å². The van der Waals surface area contributed by atoms with Crippen LogP contribution in [0.25, 0.3) is 17.3 Å². The summed E-state index contributed by atoms with van der Waals surface area (Å²) in [4.78, 5) is 45.4. The summed E-state index contributed by atoms with van der Waals surface area (Å²) in [6.07, 6.45) is 2.15. The van der Waals surface area contributed by atoms with Gasteiger partial charge < -0.3 is 25.4 Å². The third-order valence-electron chi connectivity index (χ3n) is 7.20. The van der Waals surface area contributed by atoms with Crippen molar-refractivity contribution in [2.75, 3.05) is 24.4 Å². The summed E-state index contributed by atoms with van der Waals surface area (Å²) in [6, 6.07) is 30.8. The lowest BCUT2D eigenvalue weighted by Gasteiger charge is -2.15. The monoisotopic (exact) mass is 692 g/mol. The Bertz CT molecular complexity index is 1930.